The van der Waals surface area contributed by atoms with E-state index in [1.54, 1.807) is 0 Å². The molecule has 0 saturated heterocycles. The summed E-state index contributed by atoms with van der Waals surface area (Å²) in [6, 6.07) is 2.64. The van der Waals surface area contributed by atoms with Crippen molar-refractivity contribution in [1.29, 1.82) is 0 Å². The Kier molecular flexibility index (Phi) is 3.38. The molecule has 0 spiro atoms. The van der Waals surface area contributed by atoms with E-state index in [0.29, 0.717) is 4.57 Å². The lowest BCUT2D eigenvalue weighted by Gasteiger charge is -2.15. The third-order valence-electron chi connectivity index (χ3n) is 3.47. The molecule has 1 aromatic carbocycles. The van der Waals surface area contributed by atoms with Gasteiger partial charge in [0.1, 0.15) is 22.9 Å². The molecule has 2 heterocycles. The molecule has 0 bridgehead atoms. The van der Waals surface area contributed by atoms with Gasteiger partial charge in [0.05, 0.1) is 16.1 Å². The summed E-state index contributed by atoms with van der Waals surface area (Å²) in [5, 5.41) is 10.9. The van der Waals surface area contributed by atoms with Gasteiger partial charge in [-0.15, -0.1) is 0 Å². The van der Waals surface area contributed by atoms with Gasteiger partial charge in [-0.25, -0.2) is 9.18 Å². The number of carboxylic acids is 1. The summed E-state index contributed by atoms with van der Waals surface area (Å²) < 4.78 is 14.8. The minimum Gasteiger partial charge on any atom is -0.478 e. The number of amides is 2. The van der Waals surface area contributed by atoms with Crippen LogP contribution in [0.2, 0.25) is 5.02 Å². The number of imide groups is 1. The monoisotopic (exact) mass is 351 g/mol. The van der Waals surface area contributed by atoms with Gasteiger partial charge in [-0.1, -0.05) is 11.6 Å². The highest BCUT2D eigenvalue weighted by Crippen LogP contribution is 2.29. The number of halogens is 2. The number of pyridine rings is 1. The highest BCUT2D eigenvalue weighted by Gasteiger charge is 2.33. The van der Waals surface area contributed by atoms with Crippen LogP contribution in [0.15, 0.2) is 23.0 Å². The molecular weight excluding hydrogens is 345 g/mol. The standard InChI is InChI=1S/C14H7ClFN3O5/c15-5-1-2-6(16)10(9(5)14(23)24)19-7(20)3-4-8(11(19)17)13(22)18-12(4)21/h1-3H,17H2,(H,23,24)(H,18,21,22). The summed E-state index contributed by atoms with van der Waals surface area (Å²) >= 11 is 5.78. The quantitative estimate of drug-likeness (QED) is 0.685. The van der Waals surface area contributed by atoms with Crippen molar-refractivity contribution < 1.29 is 23.9 Å². The third-order valence-corrected chi connectivity index (χ3v) is 3.78. The number of benzene rings is 1. The van der Waals surface area contributed by atoms with Gasteiger partial charge >= 0.3 is 5.97 Å². The second-order valence-electron chi connectivity index (χ2n) is 4.83. The number of rotatable bonds is 2. The predicted molar refractivity (Wildman–Crippen MR) is 80.2 cm³/mol. The molecule has 0 unspecified atom stereocenters. The molecule has 10 heteroatoms. The van der Waals surface area contributed by atoms with Gasteiger partial charge in [0, 0.05) is 6.07 Å². The van der Waals surface area contributed by atoms with Crippen molar-refractivity contribution in [3.8, 4) is 5.69 Å². The number of nitrogen functional groups attached to an aromatic ring is 1. The van der Waals surface area contributed by atoms with E-state index in [9.17, 15) is 28.7 Å². The maximum absolute atomic E-state index is 14.3. The van der Waals surface area contributed by atoms with Crippen molar-refractivity contribution in [2.75, 3.05) is 5.73 Å². The Hall–Kier alpha value is -3.20. The number of anilines is 1. The number of nitrogens with one attached hydrogen (secondary N) is 1. The highest BCUT2D eigenvalue weighted by atomic mass is 35.5. The van der Waals surface area contributed by atoms with Gasteiger partial charge < -0.3 is 10.8 Å². The number of aromatic nitrogens is 1. The third kappa shape index (κ3) is 2.06. The molecule has 0 aliphatic carbocycles. The smallest absolute Gasteiger partial charge is 0.339 e. The zero-order chi connectivity index (χ0) is 17.8. The van der Waals surface area contributed by atoms with E-state index in [-0.39, 0.29) is 16.1 Å². The first-order valence-corrected chi connectivity index (χ1v) is 6.74. The SMILES string of the molecule is Nc1c2c(cc(=O)n1-c1c(F)ccc(Cl)c1C(=O)O)C(=O)NC2=O. The Labute approximate surface area is 137 Å². The Balaban J connectivity index is 2.47. The van der Waals surface area contributed by atoms with E-state index in [2.05, 4.69) is 0 Å². The second-order valence-corrected chi connectivity index (χ2v) is 5.24. The lowest BCUT2D eigenvalue weighted by Crippen LogP contribution is -2.26. The summed E-state index contributed by atoms with van der Waals surface area (Å²) in [6.07, 6.45) is 0. The zero-order valence-corrected chi connectivity index (χ0v) is 12.3. The molecule has 2 aromatic rings. The Morgan fingerprint density at radius 1 is 1.25 bits per heavy atom. The molecular formula is C14H7ClFN3O5. The van der Waals surface area contributed by atoms with Crippen LogP contribution in [0.5, 0.6) is 0 Å². The molecule has 1 aliphatic heterocycles. The van der Waals surface area contributed by atoms with Crippen LogP contribution in [0.1, 0.15) is 31.1 Å². The first-order valence-electron chi connectivity index (χ1n) is 6.37. The molecule has 3 rings (SSSR count). The summed E-state index contributed by atoms with van der Waals surface area (Å²) in [5.41, 5.74) is 2.75. The number of fused-ring (bicyclic) bond motifs is 1. The van der Waals surface area contributed by atoms with Gasteiger partial charge in [0.15, 0.2) is 0 Å². The van der Waals surface area contributed by atoms with Crippen LogP contribution in [0, 0.1) is 5.82 Å². The average molecular weight is 352 g/mol. The predicted octanol–water partition coefficient (Wildman–Crippen LogP) is 0.794. The van der Waals surface area contributed by atoms with Crippen LogP contribution in [0.4, 0.5) is 10.2 Å². The zero-order valence-electron chi connectivity index (χ0n) is 11.6. The number of carbonyl (C=O) groups is 3. The molecule has 0 radical (unpaired) electrons. The van der Waals surface area contributed by atoms with Crippen LogP contribution in [-0.4, -0.2) is 27.5 Å². The van der Waals surface area contributed by atoms with Crippen LogP contribution in [0.3, 0.4) is 0 Å². The van der Waals surface area contributed by atoms with E-state index in [0.717, 1.165) is 18.2 Å². The summed E-state index contributed by atoms with van der Waals surface area (Å²) in [6.45, 7) is 0. The molecule has 1 aliphatic rings. The highest BCUT2D eigenvalue weighted by molar-refractivity contribution is 6.34. The Morgan fingerprint density at radius 2 is 1.92 bits per heavy atom. The fourth-order valence-electron chi connectivity index (χ4n) is 2.47. The van der Waals surface area contributed by atoms with E-state index in [4.69, 9.17) is 17.3 Å². The van der Waals surface area contributed by atoms with Crippen LogP contribution in [-0.2, 0) is 0 Å². The molecule has 0 fully saturated rings. The largest absolute Gasteiger partial charge is 0.478 e. The first kappa shape index (κ1) is 15.7. The number of hydrogen-bond donors (Lipinski definition) is 3. The van der Waals surface area contributed by atoms with Crippen molar-refractivity contribution in [3.05, 3.63) is 56.1 Å². The molecule has 4 N–H and O–H groups in total. The summed E-state index contributed by atoms with van der Waals surface area (Å²) in [4.78, 5) is 47.1. The minimum absolute atomic E-state index is 0.266. The fourth-order valence-corrected chi connectivity index (χ4v) is 2.71. The minimum atomic E-state index is -1.60. The van der Waals surface area contributed by atoms with E-state index in [1.165, 1.54) is 0 Å². The molecule has 0 atom stereocenters. The van der Waals surface area contributed by atoms with E-state index in [1.807, 2.05) is 5.32 Å². The van der Waals surface area contributed by atoms with Crippen molar-refractivity contribution in [2.45, 2.75) is 0 Å². The number of hydrogen-bond acceptors (Lipinski definition) is 5. The average Bonchev–Trinajstić information content (AvgIpc) is 2.76. The van der Waals surface area contributed by atoms with Crippen LogP contribution < -0.4 is 16.6 Å². The fraction of sp³-hybridized carbons (Fsp3) is 0. The van der Waals surface area contributed by atoms with Gasteiger partial charge in [0.2, 0.25) is 0 Å². The maximum Gasteiger partial charge on any atom is 0.339 e. The van der Waals surface area contributed by atoms with Gasteiger partial charge in [0.25, 0.3) is 17.4 Å². The molecule has 24 heavy (non-hydrogen) atoms. The van der Waals surface area contributed by atoms with Crippen molar-refractivity contribution in [3.63, 3.8) is 0 Å². The molecule has 8 nitrogen and oxygen atoms in total. The van der Waals surface area contributed by atoms with Crippen molar-refractivity contribution in [1.82, 2.24) is 9.88 Å². The van der Waals surface area contributed by atoms with Crippen LogP contribution >= 0.6 is 11.6 Å². The first-order chi connectivity index (χ1) is 11.2. The Bertz CT molecular complexity index is 1010. The lowest BCUT2D eigenvalue weighted by molar-refractivity contribution is 0.0695. The summed E-state index contributed by atoms with van der Waals surface area (Å²) in [5.74, 6) is -4.95. The number of aromatic carboxylic acids is 1. The molecule has 2 amide bonds. The normalized spacial score (nSPS) is 12.9. The number of nitrogens with zero attached hydrogens (tertiary/aromatic N) is 1. The lowest BCUT2D eigenvalue weighted by atomic mass is 10.1. The van der Waals surface area contributed by atoms with Crippen molar-refractivity contribution >= 4 is 35.2 Å². The van der Waals surface area contributed by atoms with E-state index >= 15 is 0 Å². The number of carboxylic acid groups (broad SMARTS) is 1. The van der Waals surface area contributed by atoms with Crippen molar-refractivity contribution in [2.24, 2.45) is 0 Å². The number of nitrogens with two attached hydrogens (primary N) is 1. The topological polar surface area (TPSA) is 131 Å². The number of carbonyl (C=O) groups excluding carboxylic acids is 2. The Morgan fingerprint density at radius 3 is 2.54 bits per heavy atom. The molecule has 122 valence electrons. The summed E-state index contributed by atoms with van der Waals surface area (Å²) in [7, 11) is 0. The van der Waals surface area contributed by atoms with Gasteiger partial charge in [-0.3, -0.25) is 24.3 Å². The maximum atomic E-state index is 14.3. The second kappa shape index (κ2) is 5.17. The molecule has 0 saturated carbocycles. The van der Waals surface area contributed by atoms with E-state index < -0.39 is 46.2 Å². The van der Waals surface area contributed by atoms with Crippen LogP contribution in [0.25, 0.3) is 5.69 Å². The van der Waals surface area contributed by atoms with Gasteiger partial charge in [-0.2, -0.15) is 0 Å². The van der Waals surface area contributed by atoms with Gasteiger partial charge in [-0.05, 0) is 12.1 Å². The molecule has 1 aromatic heterocycles.